The van der Waals surface area contributed by atoms with Crippen molar-refractivity contribution in [1.82, 2.24) is 10.2 Å². The van der Waals surface area contributed by atoms with E-state index in [-0.39, 0.29) is 24.8 Å². The van der Waals surface area contributed by atoms with E-state index in [1.165, 1.54) is 0 Å². The Hall–Kier alpha value is -1.92. The molecular formula is C14H19N3O4. The van der Waals surface area contributed by atoms with Crippen molar-refractivity contribution in [2.75, 3.05) is 5.32 Å². The maximum Gasteiger partial charge on any atom is 0.322 e. The van der Waals surface area contributed by atoms with Crippen molar-refractivity contribution >= 4 is 17.9 Å². The van der Waals surface area contributed by atoms with Gasteiger partial charge in [0.1, 0.15) is 0 Å². The molecule has 1 aromatic rings. The molecule has 0 radical (unpaired) electrons. The van der Waals surface area contributed by atoms with E-state index in [9.17, 15) is 9.59 Å². The Morgan fingerprint density at radius 2 is 1.95 bits per heavy atom. The number of anilines is 1. The molecule has 7 heteroatoms. The summed E-state index contributed by atoms with van der Waals surface area (Å²) in [5.74, 6) is -0.176. The molecule has 0 saturated heterocycles. The van der Waals surface area contributed by atoms with Gasteiger partial charge in [-0.1, -0.05) is 17.9 Å². The van der Waals surface area contributed by atoms with Crippen LogP contribution in [0.2, 0.25) is 0 Å². The first kappa shape index (κ1) is 14.0. The van der Waals surface area contributed by atoms with E-state index in [2.05, 4.69) is 15.5 Å². The van der Waals surface area contributed by atoms with Gasteiger partial charge in [-0.2, -0.15) is 0 Å². The number of aromatic nitrogens is 2. The summed E-state index contributed by atoms with van der Waals surface area (Å²) in [5, 5.41) is 19.4. The molecule has 2 aliphatic carbocycles. The maximum absolute atomic E-state index is 12.1. The number of amides is 1. The van der Waals surface area contributed by atoms with Gasteiger partial charge in [-0.05, 0) is 31.1 Å². The van der Waals surface area contributed by atoms with Gasteiger partial charge in [-0.15, -0.1) is 5.10 Å². The molecule has 1 heterocycles. The predicted molar refractivity (Wildman–Crippen MR) is 72.7 cm³/mol. The molecule has 7 nitrogen and oxygen atoms in total. The van der Waals surface area contributed by atoms with E-state index < -0.39 is 11.4 Å². The monoisotopic (exact) mass is 293 g/mol. The third kappa shape index (κ3) is 3.40. The van der Waals surface area contributed by atoms with Crippen LogP contribution in [0.1, 0.15) is 63.2 Å². The summed E-state index contributed by atoms with van der Waals surface area (Å²) in [5.41, 5.74) is -0.421. The van der Waals surface area contributed by atoms with E-state index >= 15 is 0 Å². The zero-order chi connectivity index (χ0) is 14.9. The summed E-state index contributed by atoms with van der Waals surface area (Å²) in [6, 6.07) is 0.116. The zero-order valence-electron chi connectivity index (χ0n) is 11.8. The molecule has 3 rings (SSSR count). The van der Waals surface area contributed by atoms with Crippen molar-refractivity contribution in [3.8, 4) is 0 Å². The van der Waals surface area contributed by atoms with Gasteiger partial charge in [-0.25, -0.2) is 0 Å². The fourth-order valence-electron chi connectivity index (χ4n) is 3.15. The Morgan fingerprint density at radius 3 is 2.57 bits per heavy atom. The van der Waals surface area contributed by atoms with Crippen molar-refractivity contribution in [3.05, 3.63) is 5.89 Å². The van der Waals surface area contributed by atoms with Crippen LogP contribution in [0.3, 0.4) is 0 Å². The first-order chi connectivity index (χ1) is 10.1. The Kier molecular flexibility index (Phi) is 3.65. The van der Waals surface area contributed by atoms with Crippen LogP contribution in [0.5, 0.6) is 0 Å². The third-order valence-corrected chi connectivity index (χ3v) is 4.34. The molecule has 0 spiro atoms. The van der Waals surface area contributed by atoms with Gasteiger partial charge in [-0.3, -0.25) is 14.9 Å². The summed E-state index contributed by atoms with van der Waals surface area (Å²) in [7, 11) is 0. The molecule has 0 aliphatic heterocycles. The Morgan fingerprint density at radius 1 is 1.24 bits per heavy atom. The quantitative estimate of drug-likeness (QED) is 0.833. The van der Waals surface area contributed by atoms with Crippen LogP contribution in [0.25, 0.3) is 0 Å². The molecule has 2 fully saturated rings. The predicted octanol–water partition coefficient (Wildman–Crippen LogP) is 2.31. The van der Waals surface area contributed by atoms with Crippen molar-refractivity contribution in [3.63, 3.8) is 0 Å². The lowest BCUT2D eigenvalue weighted by Crippen LogP contribution is -2.27. The van der Waals surface area contributed by atoms with Crippen LogP contribution in [0, 0.1) is 5.41 Å². The number of hydrogen-bond acceptors (Lipinski definition) is 5. The smallest absolute Gasteiger partial charge is 0.322 e. The van der Waals surface area contributed by atoms with Crippen LogP contribution in [0.15, 0.2) is 4.42 Å². The fraction of sp³-hybridized carbons (Fsp3) is 0.714. The van der Waals surface area contributed by atoms with E-state index in [4.69, 9.17) is 9.52 Å². The van der Waals surface area contributed by atoms with Gasteiger partial charge in [0.05, 0.1) is 6.42 Å². The zero-order valence-corrected chi connectivity index (χ0v) is 11.8. The van der Waals surface area contributed by atoms with Crippen molar-refractivity contribution in [2.45, 2.75) is 57.3 Å². The van der Waals surface area contributed by atoms with Gasteiger partial charge >= 0.3 is 12.0 Å². The summed E-state index contributed by atoms with van der Waals surface area (Å²) in [6.07, 6.45) is 5.86. The second-order valence-corrected chi connectivity index (χ2v) is 6.22. The normalized spacial score (nSPS) is 20.4. The van der Waals surface area contributed by atoms with Gasteiger partial charge in [0.15, 0.2) is 0 Å². The number of carboxylic acid groups (broad SMARTS) is 1. The molecule has 0 aromatic carbocycles. The number of nitrogens with zero attached hydrogens (tertiary/aromatic N) is 2. The van der Waals surface area contributed by atoms with E-state index in [0.717, 1.165) is 38.5 Å². The number of carboxylic acids is 1. The molecule has 1 amide bonds. The summed E-state index contributed by atoms with van der Waals surface area (Å²) >= 11 is 0. The number of carbonyl (C=O) groups is 2. The van der Waals surface area contributed by atoms with E-state index in [1.54, 1.807) is 0 Å². The van der Waals surface area contributed by atoms with Gasteiger partial charge in [0.25, 0.3) is 0 Å². The molecule has 0 unspecified atom stereocenters. The Bertz CT molecular complexity index is 544. The SMILES string of the molecule is O=C(O)CC1(CC(=O)Nc2nnc(C3CC3)o2)CCCC1. The topological polar surface area (TPSA) is 105 Å². The number of nitrogens with one attached hydrogen (secondary N) is 1. The number of aliphatic carboxylic acids is 1. The highest BCUT2D eigenvalue weighted by Gasteiger charge is 2.38. The largest absolute Gasteiger partial charge is 0.481 e. The Balaban J connectivity index is 1.59. The first-order valence-electron chi connectivity index (χ1n) is 7.41. The lowest BCUT2D eigenvalue weighted by molar-refractivity contribution is -0.140. The van der Waals surface area contributed by atoms with Gasteiger partial charge in [0.2, 0.25) is 11.8 Å². The fourth-order valence-corrected chi connectivity index (χ4v) is 3.15. The van der Waals surface area contributed by atoms with Crippen LogP contribution >= 0.6 is 0 Å². The second-order valence-electron chi connectivity index (χ2n) is 6.22. The molecule has 0 atom stereocenters. The molecule has 2 N–H and O–H groups in total. The standard InChI is InChI=1S/C14H19N3O4/c18-10(7-14(8-11(19)20)5-1-2-6-14)15-13-17-16-12(21-13)9-3-4-9/h9H,1-8H2,(H,19,20)(H,15,17,18). The second kappa shape index (κ2) is 5.46. The first-order valence-corrected chi connectivity index (χ1v) is 7.41. The van der Waals surface area contributed by atoms with E-state index in [1.807, 2.05) is 0 Å². The minimum atomic E-state index is -0.849. The van der Waals surface area contributed by atoms with Gasteiger partial charge < -0.3 is 9.52 Å². The average Bonchev–Trinajstić information content (AvgIpc) is 3.00. The molecule has 114 valence electrons. The van der Waals surface area contributed by atoms with Crippen LogP contribution in [0.4, 0.5) is 6.01 Å². The summed E-state index contributed by atoms with van der Waals surface area (Å²) in [6.45, 7) is 0. The van der Waals surface area contributed by atoms with Gasteiger partial charge in [0, 0.05) is 12.3 Å². The number of carbonyl (C=O) groups excluding carboxylic acids is 1. The lowest BCUT2D eigenvalue weighted by Gasteiger charge is -2.25. The number of hydrogen-bond donors (Lipinski definition) is 2. The summed E-state index contributed by atoms with van der Waals surface area (Å²) < 4.78 is 5.39. The van der Waals surface area contributed by atoms with Crippen LogP contribution < -0.4 is 5.32 Å². The molecule has 2 aliphatic rings. The van der Waals surface area contributed by atoms with Crippen LogP contribution in [-0.2, 0) is 9.59 Å². The molecule has 1 aromatic heterocycles. The minimum absolute atomic E-state index is 0.0393. The highest BCUT2D eigenvalue weighted by molar-refractivity contribution is 5.89. The maximum atomic E-state index is 12.1. The summed E-state index contributed by atoms with van der Waals surface area (Å²) in [4.78, 5) is 23.1. The van der Waals surface area contributed by atoms with Crippen LogP contribution in [-0.4, -0.2) is 27.2 Å². The highest BCUT2D eigenvalue weighted by atomic mass is 16.4. The van der Waals surface area contributed by atoms with Crippen molar-refractivity contribution < 1.29 is 19.1 Å². The van der Waals surface area contributed by atoms with Crippen molar-refractivity contribution in [1.29, 1.82) is 0 Å². The van der Waals surface area contributed by atoms with Crippen molar-refractivity contribution in [2.24, 2.45) is 5.41 Å². The Labute approximate surface area is 122 Å². The third-order valence-electron chi connectivity index (χ3n) is 4.34. The highest BCUT2D eigenvalue weighted by Crippen LogP contribution is 2.44. The molecular weight excluding hydrogens is 274 g/mol. The molecule has 21 heavy (non-hydrogen) atoms. The lowest BCUT2D eigenvalue weighted by atomic mass is 9.79. The molecule has 2 saturated carbocycles. The average molecular weight is 293 g/mol. The minimum Gasteiger partial charge on any atom is -0.481 e. The molecule has 0 bridgehead atoms. The number of rotatable bonds is 6. The van der Waals surface area contributed by atoms with E-state index in [0.29, 0.717) is 11.8 Å².